The summed E-state index contributed by atoms with van der Waals surface area (Å²) >= 11 is 0. The second-order valence-corrected chi connectivity index (χ2v) is 6.91. The average Bonchev–Trinajstić information content (AvgIpc) is 2.73. The van der Waals surface area contributed by atoms with E-state index in [1.54, 1.807) is 7.11 Å². The molecule has 1 fully saturated rings. The molecule has 2 aromatic rings. The number of hydrogen-bond donors (Lipinski definition) is 2. The molecule has 1 aliphatic rings. The van der Waals surface area contributed by atoms with Gasteiger partial charge in [-0.15, -0.1) is 12.4 Å². The van der Waals surface area contributed by atoms with Gasteiger partial charge in [-0.3, -0.25) is 9.69 Å². The molecular formula is C22H30ClN3O2. The maximum absolute atomic E-state index is 12.5. The second-order valence-electron chi connectivity index (χ2n) is 6.91. The van der Waals surface area contributed by atoms with E-state index in [-0.39, 0.29) is 24.4 Å². The molecule has 5 nitrogen and oxygen atoms in total. The zero-order chi connectivity index (χ0) is 19.1. The first-order valence-corrected chi connectivity index (χ1v) is 9.63. The molecule has 0 bridgehead atoms. The Hall–Kier alpha value is -2.08. The Kier molecular flexibility index (Phi) is 8.77. The van der Waals surface area contributed by atoms with Gasteiger partial charge in [0.15, 0.2) is 0 Å². The molecule has 1 unspecified atom stereocenters. The van der Waals surface area contributed by atoms with Gasteiger partial charge in [-0.2, -0.15) is 0 Å². The van der Waals surface area contributed by atoms with Crippen molar-refractivity contribution >= 4 is 18.3 Å². The fourth-order valence-electron chi connectivity index (χ4n) is 3.42. The van der Waals surface area contributed by atoms with Crippen molar-refractivity contribution in [3.05, 3.63) is 65.2 Å². The van der Waals surface area contributed by atoms with Gasteiger partial charge >= 0.3 is 0 Å². The maximum Gasteiger partial charge on any atom is 0.234 e. The number of carbonyl (C=O) groups excluding carboxylic acids is 1. The maximum atomic E-state index is 12.5. The molecule has 0 aromatic heterocycles. The van der Waals surface area contributed by atoms with Crippen LogP contribution in [0.5, 0.6) is 5.75 Å². The largest absolute Gasteiger partial charge is 0.497 e. The van der Waals surface area contributed by atoms with Crippen molar-refractivity contribution in [3.8, 4) is 5.75 Å². The molecule has 1 saturated heterocycles. The molecule has 2 N–H and O–H groups in total. The monoisotopic (exact) mass is 403 g/mol. The third-order valence-electron chi connectivity index (χ3n) is 5.12. The summed E-state index contributed by atoms with van der Waals surface area (Å²) in [6.07, 6.45) is 1.04. The number of nitrogens with one attached hydrogen (secondary N) is 2. The van der Waals surface area contributed by atoms with Crippen LogP contribution in [-0.4, -0.2) is 44.1 Å². The van der Waals surface area contributed by atoms with Gasteiger partial charge in [-0.25, -0.2) is 0 Å². The summed E-state index contributed by atoms with van der Waals surface area (Å²) in [5.41, 5.74) is 3.67. The van der Waals surface area contributed by atoms with Crippen LogP contribution in [0.4, 0.5) is 0 Å². The van der Waals surface area contributed by atoms with E-state index in [9.17, 15) is 4.79 Å². The van der Waals surface area contributed by atoms with Crippen LogP contribution in [-0.2, 0) is 17.8 Å². The Labute approximate surface area is 173 Å². The van der Waals surface area contributed by atoms with E-state index < -0.39 is 0 Å². The minimum Gasteiger partial charge on any atom is -0.497 e. The number of nitrogens with zero attached hydrogens (tertiary/aromatic N) is 1. The van der Waals surface area contributed by atoms with E-state index in [0.717, 1.165) is 37.4 Å². The van der Waals surface area contributed by atoms with Gasteiger partial charge in [-0.1, -0.05) is 43.3 Å². The highest BCUT2D eigenvalue weighted by atomic mass is 35.5. The Morgan fingerprint density at radius 3 is 2.46 bits per heavy atom. The van der Waals surface area contributed by atoms with Gasteiger partial charge in [0, 0.05) is 32.2 Å². The van der Waals surface area contributed by atoms with Crippen molar-refractivity contribution in [1.82, 2.24) is 15.5 Å². The number of carbonyl (C=O) groups is 1. The molecule has 0 spiro atoms. The van der Waals surface area contributed by atoms with Crippen LogP contribution < -0.4 is 15.4 Å². The van der Waals surface area contributed by atoms with Crippen molar-refractivity contribution in [1.29, 1.82) is 0 Å². The van der Waals surface area contributed by atoms with Crippen molar-refractivity contribution in [2.45, 2.75) is 25.9 Å². The number of rotatable bonds is 7. The number of halogens is 1. The molecule has 1 heterocycles. The standard InChI is InChI=1S/C22H29N3O2.ClH/c1-3-17-4-8-19(9-5-17)21-15-23-12-13-25(21)16-22(26)24-14-18-6-10-20(27-2)11-7-18;/h4-11,21,23H,3,12-16H2,1-2H3,(H,24,26);1H. The predicted molar refractivity (Wildman–Crippen MR) is 115 cm³/mol. The number of aryl methyl sites for hydroxylation is 1. The van der Waals surface area contributed by atoms with E-state index in [0.29, 0.717) is 13.1 Å². The van der Waals surface area contributed by atoms with E-state index in [1.165, 1.54) is 11.1 Å². The number of hydrogen-bond acceptors (Lipinski definition) is 4. The number of ether oxygens (including phenoxy) is 1. The lowest BCUT2D eigenvalue weighted by molar-refractivity contribution is -0.123. The van der Waals surface area contributed by atoms with Crippen molar-refractivity contribution in [2.24, 2.45) is 0 Å². The van der Waals surface area contributed by atoms with Gasteiger partial charge in [0.2, 0.25) is 5.91 Å². The number of amides is 1. The molecule has 2 aromatic carbocycles. The number of piperazine rings is 1. The summed E-state index contributed by atoms with van der Waals surface area (Å²) < 4.78 is 5.16. The quantitative estimate of drug-likeness (QED) is 0.746. The highest BCUT2D eigenvalue weighted by Crippen LogP contribution is 2.22. The lowest BCUT2D eigenvalue weighted by atomic mass is 10.0. The molecule has 1 aliphatic heterocycles. The van der Waals surface area contributed by atoms with E-state index in [4.69, 9.17) is 4.74 Å². The highest BCUT2D eigenvalue weighted by molar-refractivity contribution is 5.85. The van der Waals surface area contributed by atoms with Crippen LogP contribution in [0.3, 0.4) is 0 Å². The Morgan fingerprint density at radius 1 is 1.14 bits per heavy atom. The summed E-state index contributed by atoms with van der Waals surface area (Å²) in [5, 5.41) is 6.48. The molecule has 0 radical (unpaired) electrons. The molecule has 3 rings (SSSR count). The van der Waals surface area contributed by atoms with Crippen molar-refractivity contribution in [2.75, 3.05) is 33.3 Å². The lowest BCUT2D eigenvalue weighted by Gasteiger charge is -2.36. The summed E-state index contributed by atoms with van der Waals surface area (Å²) in [4.78, 5) is 14.8. The first kappa shape index (κ1) is 22.2. The zero-order valence-electron chi connectivity index (χ0n) is 16.6. The summed E-state index contributed by atoms with van der Waals surface area (Å²) in [5.74, 6) is 0.880. The SMILES string of the molecule is CCc1ccc(C2CNCCN2CC(=O)NCc2ccc(OC)cc2)cc1.Cl. The van der Waals surface area contributed by atoms with Crippen LogP contribution in [0.25, 0.3) is 0 Å². The van der Waals surface area contributed by atoms with Gasteiger partial charge in [-0.05, 0) is 35.2 Å². The van der Waals surface area contributed by atoms with Crippen LogP contribution in [0.2, 0.25) is 0 Å². The van der Waals surface area contributed by atoms with Gasteiger partial charge in [0.1, 0.15) is 5.75 Å². The molecule has 0 saturated carbocycles. The summed E-state index contributed by atoms with van der Waals surface area (Å²) in [6.45, 7) is 5.77. The van der Waals surface area contributed by atoms with Crippen LogP contribution in [0.15, 0.2) is 48.5 Å². The topological polar surface area (TPSA) is 53.6 Å². The van der Waals surface area contributed by atoms with Gasteiger partial charge in [0.05, 0.1) is 13.7 Å². The van der Waals surface area contributed by atoms with Crippen molar-refractivity contribution in [3.63, 3.8) is 0 Å². The van der Waals surface area contributed by atoms with E-state index in [2.05, 4.69) is 46.7 Å². The Balaban J connectivity index is 0.00000280. The fraction of sp³-hybridized carbons (Fsp3) is 0.409. The third-order valence-corrected chi connectivity index (χ3v) is 5.12. The summed E-state index contributed by atoms with van der Waals surface area (Å²) in [7, 11) is 1.65. The van der Waals surface area contributed by atoms with Crippen LogP contribution in [0, 0.1) is 0 Å². The normalized spacial score (nSPS) is 16.9. The molecule has 1 atom stereocenters. The molecule has 152 valence electrons. The van der Waals surface area contributed by atoms with E-state index in [1.807, 2.05) is 24.3 Å². The average molecular weight is 404 g/mol. The minimum absolute atomic E-state index is 0. The first-order chi connectivity index (χ1) is 13.2. The first-order valence-electron chi connectivity index (χ1n) is 9.63. The molecule has 6 heteroatoms. The predicted octanol–water partition coefficient (Wildman–Crippen LogP) is 2.94. The number of methoxy groups -OCH3 is 1. The van der Waals surface area contributed by atoms with Gasteiger partial charge < -0.3 is 15.4 Å². The minimum atomic E-state index is 0. The molecular weight excluding hydrogens is 374 g/mol. The lowest BCUT2D eigenvalue weighted by Crippen LogP contribution is -2.49. The molecule has 0 aliphatic carbocycles. The zero-order valence-corrected chi connectivity index (χ0v) is 17.4. The van der Waals surface area contributed by atoms with Crippen LogP contribution in [0.1, 0.15) is 29.7 Å². The Bertz CT molecular complexity index is 734. The highest BCUT2D eigenvalue weighted by Gasteiger charge is 2.25. The van der Waals surface area contributed by atoms with Crippen molar-refractivity contribution < 1.29 is 9.53 Å². The smallest absolute Gasteiger partial charge is 0.234 e. The Morgan fingerprint density at radius 2 is 1.82 bits per heavy atom. The van der Waals surface area contributed by atoms with Gasteiger partial charge in [0.25, 0.3) is 0 Å². The molecule has 28 heavy (non-hydrogen) atoms. The summed E-state index contributed by atoms with van der Waals surface area (Å²) in [6, 6.07) is 16.8. The fourth-order valence-corrected chi connectivity index (χ4v) is 3.42. The van der Waals surface area contributed by atoms with E-state index >= 15 is 0 Å². The third kappa shape index (κ3) is 5.96. The number of benzene rings is 2. The molecule has 1 amide bonds. The van der Waals surface area contributed by atoms with Crippen LogP contribution >= 0.6 is 12.4 Å². The second kappa shape index (κ2) is 11.1.